The maximum Gasteiger partial charge on any atom is 0.107 e. The molecule has 0 saturated carbocycles. The number of aliphatic hydroxyl groups is 1. The van der Waals surface area contributed by atoms with Gasteiger partial charge in [-0.3, -0.25) is 0 Å². The fraction of sp³-hybridized carbons (Fsp3) is 0.667. The van der Waals surface area contributed by atoms with Crippen LogP contribution in [0.5, 0.6) is 0 Å². The molecule has 0 fully saturated rings. The second-order valence-corrected chi connectivity index (χ2v) is 4.04. The van der Waals surface area contributed by atoms with E-state index in [4.69, 9.17) is 9.84 Å². The van der Waals surface area contributed by atoms with Crippen molar-refractivity contribution in [1.29, 1.82) is 0 Å². The number of hydrogen-bond donors (Lipinski definition) is 2. The highest BCUT2D eigenvalue weighted by Crippen LogP contribution is 2.08. The molecule has 1 unspecified atom stereocenters. The van der Waals surface area contributed by atoms with Gasteiger partial charge in [-0.25, -0.2) is 4.98 Å². The van der Waals surface area contributed by atoms with Gasteiger partial charge < -0.3 is 15.2 Å². The van der Waals surface area contributed by atoms with E-state index in [9.17, 15) is 0 Å². The molecule has 2 N–H and O–H groups in total. The number of nitrogens with zero attached hydrogens (tertiary/aromatic N) is 1. The van der Waals surface area contributed by atoms with Gasteiger partial charge in [-0.2, -0.15) is 0 Å². The van der Waals surface area contributed by atoms with Crippen LogP contribution in [0.3, 0.4) is 0 Å². The van der Waals surface area contributed by atoms with E-state index in [-0.39, 0.29) is 12.6 Å². The van der Waals surface area contributed by atoms with Crippen LogP contribution in [-0.2, 0) is 11.3 Å². The lowest BCUT2D eigenvalue weighted by atomic mass is 10.3. The summed E-state index contributed by atoms with van der Waals surface area (Å²) in [6.45, 7) is 3.25. The number of hydrogen-bond acceptors (Lipinski definition) is 5. The van der Waals surface area contributed by atoms with Gasteiger partial charge >= 0.3 is 0 Å². The Labute approximate surface area is 87.9 Å². The summed E-state index contributed by atoms with van der Waals surface area (Å²) in [5.41, 5.74) is 1.04. The number of thiazole rings is 1. The molecule has 1 aromatic rings. The largest absolute Gasteiger partial charge is 0.395 e. The molecule has 0 aliphatic heterocycles. The van der Waals surface area contributed by atoms with Crippen LogP contribution in [0.25, 0.3) is 0 Å². The fourth-order valence-electron chi connectivity index (χ4n) is 1.09. The van der Waals surface area contributed by atoms with E-state index in [1.807, 2.05) is 12.3 Å². The Hall–Kier alpha value is -0.490. The molecule has 4 nitrogen and oxygen atoms in total. The van der Waals surface area contributed by atoms with Crippen molar-refractivity contribution in [2.24, 2.45) is 0 Å². The molecule has 0 amide bonds. The summed E-state index contributed by atoms with van der Waals surface area (Å²) < 4.78 is 4.95. The van der Waals surface area contributed by atoms with Crippen molar-refractivity contribution in [1.82, 2.24) is 10.3 Å². The molecule has 80 valence electrons. The number of nitrogens with one attached hydrogen (secondary N) is 1. The van der Waals surface area contributed by atoms with Crippen LogP contribution in [0.4, 0.5) is 0 Å². The van der Waals surface area contributed by atoms with Gasteiger partial charge in [0, 0.05) is 24.7 Å². The summed E-state index contributed by atoms with van der Waals surface area (Å²) in [6, 6.07) is -0.00999. The number of rotatable bonds is 6. The minimum Gasteiger partial charge on any atom is -0.395 e. The molecular weight excluding hydrogens is 200 g/mol. The smallest absolute Gasteiger partial charge is 0.107 e. The van der Waals surface area contributed by atoms with Gasteiger partial charge in [-0.05, 0) is 6.92 Å². The third-order valence-electron chi connectivity index (χ3n) is 1.80. The summed E-state index contributed by atoms with van der Waals surface area (Å²) in [4.78, 5) is 4.31. The summed E-state index contributed by atoms with van der Waals surface area (Å²) >= 11 is 1.62. The summed E-state index contributed by atoms with van der Waals surface area (Å²) in [6.07, 6.45) is 0. The zero-order valence-electron chi connectivity index (χ0n) is 8.49. The third-order valence-corrected chi connectivity index (χ3v) is 2.76. The predicted octanol–water partition coefficient (Wildman–Crippen LogP) is 0.548. The molecule has 0 bridgehead atoms. The van der Waals surface area contributed by atoms with E-state index in [1.54, 1.807) is 18.4 Å². The number of aryl methyl sites for hydroxylation is 1. The van der Waals surface area contributed by atoms with Gasteiger partial charge in [0.05, 0.1) is 19.3 Å². The SMILES string of the molecule is COCC(CO)NCc1nc(C)cs1. The van der Waals surface area contributed by atoms with Crippen LogP contribution in [0, 0.1) is 6.92 Å². The van der Waals surface area contributed by atoms with Gasteiger partial charge in [0.2, 0.25) is 0 Å². The highest BCUT2D eigenvalue weighted by molar-refractivity contribution is 7.09. The highest BCUT2D eigenvalue weighted by Gasteiger charge is 2.06. The first kappa shape index (κ1) is 11.6. The molecule has 1 heterocycles. The predicted molar refractivity (Wildman–Crippen MR) is 56.4 cm³/mol. The maximum absolute atomic E-state index is 8.98. The minimum absolute atomic E-state index is 0.00999. The number of ether oxygens (including phenoxy) is 1. The van der Waals surface area contributed by atoms with E-state index in [0.29, 0.717) is 13.2 Å². The van der Waals surface area contributed by atoms with Crippen molar-refractivity contribution >= 4 is 11.3 Å². The summed E-state index contributed by atoms with van der Waals surface area (Å²) in [5, 5.41) is 15.2. The molecular formula is C9H16N2O2S. The number of aromatic nitrogens is 1. The second kappa shape index (κ2) is 6.08. The molecule has 5 heteroatoms. The average Bonchev–Trinajstić information content (AvgIpc) is 2.59. The first-order valence-electron chi connectivity index (χ1n) is 4.50. The van der Waals surface area contributed by atoms with Crippen molar-refractivity contribution in [2.75, 3.05) is 20.3 Å². The van der Waals surface area contributed by atoms with Crippen LogP contribution in [0.1, 0.15) is 10.7 Å². The highest BCUT2D eigenvalue weighted by atomic mass is 32.1. The van der Waals surface area contributed by atoms with Crippen molar-refractivity contribution in [2.45, 2.75) is 19.5 Å². The molecule has 0 saturated heterocycles. The Bertz CT molecular complexity index is 265. The lowest BCUT2D eigenvalue weighted by Gasteiger charge is -2.13. The van der Waals surface area contributed by atoms with Crippen molar-refractivity contribution in [3.8, 4) is 0 Å². The monoisotopic (exact) mass is 216 g/mol. The minimum atomic E-state index is -0.00999. The van der Waals surface area contributed by atoms with Crippen LogP contribution >= 0.6 is 11.3 Å². The Balaban J connectivity index is 2.31. The van der Waals surface area contributed by atoms with Crippen molar-refractivity contribution < 1.29 is 9.84 Å². The molecule has 1 rings (SSSR count). The lowest BCUT2D eigenvalue weighted by molar-refractivity contribution is 0.128. The number of aliphatic hydroxyl groups excluding tert-OH is 1. The van der Waals surface area contributed by atoms with Gasteiger partial charge in [-0.15, -0.1) is 11.3 Å². The van der Waals surface area contributed by atoms with Crippen molar-refractivity contribution in [3.63, 3.8) is 0 Å². The van der Waals surface area contributed by atoms with Gasteiger partial charge in [0.1, 0.15) is 5.01 Å². The summed E-state index contributed by atoms with van der Waals surface area (Å²) in [5.74, 6) is 0. The molecule has 14 heavy (non-hydrogen) atoms. The van der Waals surface area contributed by atoms with Gasteiger partial charge in [-0.1, -0.05) is 0 Å². The topological polar surface area (TPSA) is 54.4 Å². The van der Waals surface area contributed by atoms with E-state index >= 15 is 0 Å². The molecule has 0 aliphatic carbocycles. The molecule has 0 aromatic carbocycles. The van der Waals surface area contributed by atoms with Crippen molar-refractivity contribution in [3.05, 3.63) is 16.1 Å². The standard InChI is InChI=1S/C9H16N2O2S/c1-7-6-14-9(11-7)3-10-8(4-12)5-13-2/h6,8,10,12H,3-5H2,1-2H3. The fourth-order valence-corrected chi connectivity index (χ4v) is 1.82. The van der Waals surface area contributed by atoms with Gasteiger partial charge in [0.15, 0.2) is 0 Å². The van der Waals surface area contributed by atoms with Crippen LogP contribution in [0.2, 0.25) is 0 Å². The lowest BCUT2D eigenvalue weighted by Crippen LogP contribution is -2.35. The zero-order chi connectivity index (χ0) is 10.4. The molecule has 1 aromatic heterocycles. The van der Waals surface area contributed by atoms with Gasteiger partial charge in [0.25, 0.3) is 0 Å². The Morgan fingerprint density at radius 1 is 1.71 bits per heavy atom. The first-order chi connectivity index (χ1) is 6.76. The third kappa shape index (κ3) is 3.71. The molecule has 0 radical (unpaired) electrons. The van der Waals surface area contributed by atoms with Crippen LogP contribution in [-0.4, -0.2) is 36.5 Å². The Morgan fingerprint density at radius 3 is 3.00 bits per heavy atom. The Kier molecular flexibility index (Phi) is 5.03. The molecule has 0 aliphatic rings. The average molecular weight is 216 g/mol. The molecule has 0 spiro atoms. The summed E-state index contributed by atoms with van der Waals surface area (Å²) in [7, 11) is 1.62. The zero-order valence-corrected chi connectivity index (χ0v) is 9.30. The van der Waals surface area contributed by atoms with E-state index in [2.05, 4.69) is 10.3 Å². The first-order valence-corrected chi connectivity index (χ1v) is 5.38. The second-order valence-electron chi connectivity index (χ2n) is 3.10. The van der Waals surface area contributed by atoms with Crippen LogP contribution in [0.15, 0.2) is 5.38 Å². The maximum atomic E-state index is 8.98. The van der Waals surface area contributed by atoms with Crippen LogP contribution < -0.4 is 5.32 Å². The quantitative estimate of drug-likeness (QED) is 0.729. The van der Waals surface area contributed by atoms with E-state index in [0.717, 1.165) is 10.7 Å². The number of methoxy groups -OCH3 is 1. The van der Waals surface area contributed by atoms with E-state index < -0.39 is 0 Å². The molecule has 1 atom stereocenters. The normalized spacial score (nSPS) is 13.1. The Morgan fingerprint density at radius 2 is 2.50 bits per heavy atom. The van der Waals surface area contributed by atoms with E-state index in [1.165, 1.54) is 0 Å².